The maximum atomic E-state index is 4.17. The lowest BCUT2D eigenvalue weighted by atomic mass is 10.2. The van der Waals surface area contributed by atoms with Crippen LogP contribution >= 0.6 is 11.8 Å². The van der Waals surface area contributed by atoms with E-state index in [1.54, 1.807) is 0 Å². The van der Waals surface area contributed by atoms with Gasteiger partial charge >= 0.3 is 0 Å². The molecule has 3 rings (SSSR count). The van der Waals surface area contributed by atoms with E-state index in [4.69, 9.17) is 0 Å². The Morgan fingerprint density at radius 2 is 1.60 bits per heavy atom. The fraction of sp³-hybridized carbons (Fsp3) is 0.125. The van der Waals surface area contributed by atoms with E-state index in [9.17, 15) is 0 Å². The molecule has 0 aliphatic rings. The lowest BCUT2D eigenvalue weighted by Gasteiger charge is -2.06. The predicted molar refractivity (Wildman–Crippen MR) is 83.2 cm³/mol. The van der Waals surface area contributed by atoms with Gasteiger partial charge in [0.2, 0.25) is 0 Å². The third-order valence-corrected chi connectivity index (χ3v) is 3.98. The van der Waals surface area contributed by atoms with E-state index in [1.165, 1.54) is 5.56 Å². The van der Waals surface area contributed by atoms with Gasteiger partial charge in [-0.1, -0.05) is 65.9 Å². The molecule has 0 atom stereocenters. The van der Waals surface area contributed by atoms with Crippen molar-refractivity contribution in [2.24, 2.45) is 0 Å². The van der Waals surface area contributed by atoms with Crippen molar-refractivity contribution < 1.29 is 0 Å². The van der Waals surface area contributed by atoms with Gasteiger partial charge in [-0.2, -0.15) is 0 Å². The second-order valence-corrected chi connectivity index (χ2v) is 5.40. The zero-order chi connectivity index (χ0) is 13.6. The summed E-state index contributed by atoms with van der Waals surface area (Å²) in [5.41, 5.74) is 3.54. The third-order valence-electron chi connectivity index (χ3n) is 3.01. The van der Waals surface area contributed by atoms with Crippen molar-refractivity contribution in [1.29, 1.82) is 0 Å². The minimum absolute atomic E-state index is 0.805. The maximum Gasteiger partial charge on any atom is 0.0895 e. The second-order valence-electron chi connectivity index (χ2n) is 4.45. The Morgan fingerprint density at radius 3 is 2.35 bits per heavy atom. The monoisotopic (exact) mass is 281 g/mol. The first kappa shape index (κ1) is 12.9. The van der Waals surface area contributed by atoms with E-state index < -0.39 is 0 Å². The van der Waals surface area contributed by atoms with E-state index in [2.05, 4.69) is 46.7 Å². The second kappa shape index (κ2) is 6.39. The quantitative estimate of drug-likeness (QED) is 0.712. The standard InChI is InChI=1S/C16H15N3S/c1-3-7-14(8-4-1)12-20-13-19-16(11-17-18-19)15-9-5-2-6-10-15/h1-11H,12-13H2. The molecule has 4 heteroatoms. The Labute approximate surface area is 122 Å². The van der Waals surface area contributed by atoms with Gasteiger partial charge in [0.05, 0.1) is 17.8 Å². The van der Waals surface area contributed by atoms with E-state index in [0.29, 0.717) is 0 Å². The average Bonchev–Trinajstić information content (AvgIpc) is 2.98. The summed E-state index contributed by atoms with van der Waals surface area (Å²) in [6.07, 6.45) is 1.82. The fourth-order valence-electron chi connectivity index (χ4n) is 2.01. The van der Waals surface area contributed by atoms with Crippen molar-refractivity contribution >= 4 is 11.8 Å². The minimum atomic E-state index is 0.805. The van der Waals surface area contributed by atoms with Crippen LogP contribution < -0.4 is 0 Å². The molecule has 0 radical (unpaired) electrons. The van der Waals surface area contributed by atoms with E-state index in [1.807, 2.05) is 46.9 Å². The Balaban J connectivity index is 1.66. The molecule has 100 valence electrons. The average molecular weight is 281 g/mol. The molecule has 1 aromatic heterocycles. The van der Waals surface area contributed by atoms with Gasteiger partial charge in [0.1, 0.15) is 0 Å². The summed E-state index contributed by atoms with van der Waals surface area (Å²) in [4.78, 5) is 0. The van der Waals surface area contributed by atoms with Crippen LogP contribution in [-0.4, -0.2) is 15.0 Å². The van der Waals surface area contributed by atoms with Gasteiger partial charge in [-0.25, -0.2) is 4.68 Å². The van der Waals surface area contributed by atoms with Crippen LogP contribution in [0.2, 0.25) is 0 Å². The number of hydrogen-bond donors (Lipinski definition) is 0. The van der Waals surface area contributed by atoms with Gasteiger partial charge in [-0.05, 0) is 5.56 Å². The van der Waals surface area contributed by atoms with E-state index in [-0.39, 0.29) is 0 Å². The maximum absolute atomic E-state index is 4.17. The largest absolute Gasteiger partial charge is 0.235 e. The smallest absolute Gasteiger partial charge is 0.0895 e. The van der Waals surface area contributed by atoms with Crippen molar-refractivity contribution in [3.8, 4) is 11.3 Å². The zero-order valence-electron chi connectivity index (χ0n) is 11.0. The highest BCUT2D eigenvalue weighted by atomic mass is 32.2. The Morgan fingerprint density at radius 1 is 0.900 bits per heavy atom. The number of thioether (sulfide) groups is 1. The Bertz CT molecular complexity index is 650. The highest BCUT2D eigenvalue weighted by Crippen LogP contribution is 2.20. The SMILES string of the molecule is c1ccc(CSCn2nncc2-c2ccccc2)cc1. The highest BCUT2D eigenvalue weighted by Gasteiger charge is 2.05. The third kappa shape index (κ3) is 3.08. The molecular formula is C16H15N3S. The van der Waals surface area contributed by atoms with Gasteiger partial charge in [-0.3, -0.25) is 0 Å². The van der Waals surface area contributed by atoms with Crippen molar-refractivity contribution in [3.63, 3.8) is 0 Å². The Hall–Kier alpha value is -2.07. The summed E-state index contributed by atoms with van der Waals surface area (Å²) in [5, 5.41) is 8.19. The number of aromatic nitrogens is 3. The van der Waals surface area contributed by atoms with Gasteiger partial charge < -0.3 is 0 Å². The summed E-state index contributed by atoms with van der Waals surface area (Å²) >= 11 is 1.83. The van der Waals surface area contributed by atoms with Crippen LogP contribution in [0.4, 0.5) is 0 Å². The van der Waals surface area contributed by atoms with Crippen molar-refractivity contribution in [2.75, 3.05) is 0 Å². The molecule has 1 heterocycles. The van der Waals surface area contributed by atoms with E-state index in [0.717, 1.165) is 22.9 Å². The molecule has 0 fully saturated rings. The van der Waals surface area contributed by atoms with Crippen LogP contribution in [0, 0.1) is 0 Å². The first-order valence-electron chi connectivity index (χ1n) is 6.49. The zero-order valence-corrected chi connectivity index (χ0v) is 11.8. The molecule has 0 aliphatic heterocycles. The number of hydrogen-bond acceptors (Lipinski definition) is 3. The van der Waals surface area contributed by atoms with Crippen LogP contribution in [0.3, 0.4) is 0 Å². The Kier molecular flexibility index (Phi) is 4.13. The molecule has 0 aliphatic carbocycles. The van der Waals surface area contributed by atoms with Gasteiger partial charge in [-0.15, -0.1) is 16.9 Å². The predicted octanol–water partition coefficient (Wildman–Crippen LogP) is 3.84. The molecule has 0 unspecified atom stereocenters. The van der Waals surface area contributed by atoms with E-state index >= 15 is 0 Å². The normalized spacial score (nSPS) is 10.6. The highest BCUT2D eigenvalue weighted by molar-refractivity contribution is 7.97. The van der Waals surface area contributed by atoms with Gasteiger partial charge in [0, 0.05) is 11.3 Å². The van der Waals surface area contributed by atoms with Gasteiger partial charge in [0.25, 0.3) is 0 Å². The lowest BCUT2D eigenvalue weighted by Crippen LogP contribution is -2.00. The molecule has 3 aromatic rings. The summed E-state index contributed by atoms with van der Waals surface area (Å²) in [7, 11) is 0. The number of nitrogens with zero attached hydrogens (tertiary/aromatic N) is 3. The van der Waals surface area contributed by atoms with Crippen molar-refractivity contribution in [1.82, 2.24) is 15.0 Å². The first-order valence-corrected chi connectivity index (χ1v) is 7.64. The summed E-state index contributed by atoms with van der Waals surface area (Å²) < 4.78 is 1.95. The van der Waals surface area contributed by atoms with Crippen molar-refractivity contribution in [2.45, 2.75) is 11.6 Å². The van der Waals surface area contributed by atoms with Crippen LogP contribution in [0.15, 0.2) is 66.9 Å². The molecule has 0 N–H and O–H groups in total. The molecule has 20 heavy (non-hydrogen) atoms. The van der Waals surface area contributed by atoms with Gasteiger partial charge in [0.15, 0.2) is 0 Å². The molecule has 2 aromatic carbocycles. The molecule has 0 amide bonds. The fourth-order valence-corrected chi connectivity index (χ4v) is 2.89. The minimum Gasteiger partial charge on any atom is -0.235 e. The molecule has 0 spiro atoms. The van der Waals surface area contributed by atoms with Crippen LogP contribution in [0.5, 0.6) is 0 Å². The number of rotatable bonds is 5. The molecule has 0 saturated carbocycles. The number of benzene rings is 2. The summed E-state index contributed by atoms with van der Waals surface area (Å²) in [5.74, 6) is 1.79. The van der Waals surface area contributed by atoms with Crippen LogP contribution in [0.1, 0.15) is 5.56 Å². The van der Waals surface area contributed by atoms with Crippen LogP contribution in [-0.2, 0) is 11.6 Å². The van der Waals surface area contributed by atoms with Crippen LogP contribution in [0.25, 0.3) is 11.3 Å². The summed E-state index contributed by atoms with van der Waals surface area (Å²) in [6, 6.07) is 20.7. The topological polar surface area (TPSA) is 30.7 Å². The lowest BCUT2D eigenvalue weighted by molar-refractivity contribution is 0.707. The summed E-state index contributed by atoms with van der Waals surface area (Å²) in [6.45, 7) is 0. The molecule has 0 saturated heterocycles. The molecular weight excluding hydrogens is 266 g/mol. The molecule has 3 nitrogen and oxygen atoms in total. The van der Waals surface area contributed by atoms with Crippen molar-refractivity contribution in [3.05, 3.63) is 72.4 Å². The first-order chi connectivity index (χ1) is 9.93. The molecule has 0 bridgehead atoms.